The molecule has 0 spiro atoms. The number of benzene rings is 1. The summed E-state index contributed by atoms with van der Waals surface area (Å²) in [5.74, 6) is 1.15. The van der Waals surface area contributed by atoms with Crippen molar-refractivity contribution in [3.05, 3.63) is 28.7 Å². The molecule has 0 saturated carbocycles. The molecule has 21 heavy (non-hydrogen) atoms. The smallest absolute Gasteiger partial charge is 0.263 e. The van der Waals surface area contributed by atoms with Crippen molar-refractivity contribution in [2.45, 2.75) is 32.4 Å². The molecule has 2 N–H and O–H groups in total. The lowest BCUT2D eigenvalue weighted by Gasteiger charge is -2.25. The highest BCUT2D eigenvalue weighted by Crippen LogP contribution is 2.24. The summed E-state index contributed by atoms with van der Waals surface area (Å²) < 4.78 is 6.71. The van der Waals surface area contributed by atoms with Crippen LogP contribution in [0, 0.1) is 5.92 Å². The van der Waals surface area contributed by atoms with Gasteiger partial charge >= 0.3 is 0 Å². The van der Waals surface area contributed by atoms with Crippen LogP contribution in [0.4, 0.5) is 0 Å². The quantitative estimate of drug-likeness (QED) is 0.878. The summed E-state index contributed by atoms with van der Waals surface area (Å²) in [6.45, 7) is 5.24. The SMILES string of the molecule is CC(Oc1ccc(Br)cc1)C(=O)N1CC(CN)CC1C.Cl. The number of amides is 1. The van der Waals surface area contributed by atoms with Crippen LogP contribution in [0.2, 0.25) is 0 Å². The predicted molar refractivity (Wildman–Crippen MR) is 89.8 cm³/mol. The first-order valence-corrected chi connectivity index (χ1v) is 7.73. The van der Waals surface area contributed by atoms with Crippen LogP contribution < -0.4 is 10.5 Å². The molecule has 1 fully saturated rings. The van der Waals surface area contributed by atoms with Crippen molar-refractivity contribution in [2.75, 3.05) is 13.1 Å². The molecule has 118 valence electrons. The van der Waals surface area contributed by atoms with E-state index in [9.17, 15) is 4.79 Å². The van der Waals surface area contributed by atoms with Crippen molar-refractivity contribution in [1.29, 1.82) is 0 Å². The number of halogens is 2. The Morgan fingerprint density at radius 3 is 2.62 bits per heavy atom. The monoisotopic (exact) mass is 376 g/mol. The van der Waals surface area contributed by atoms with Crippen molar-refractivity contribution >= 4 is 34.2 Å². The van der Waals surface area contributed by atoms with Gasteiger partial charge in [-0.05, 0) is 57.0 Å². The zero-order valence-electron chi connectivity index (χ0n) is 12.3. The fourth-order valence-electron chi connectivity index (χ4n) is 2.62. The highest BCUT2D eigenvalue weighted by Gasteiger charge is 2.34. The minimum absolute atomic E-state index is 0. The molecule has 0 aromatic heterocycles. The summed E-state index contributed by atoms with van der Waals surface area (Å²) >= 11 is 3.37. The zero-order chi connectivity index (χ0) is 14.7. The van der Waals surface area contributed by atoms with E-state index in [1.54, 1.807) is 6.92 Å². The molecule has 2 rings (SSSR count). The van der Waals surface area contributed by atoms with Crippen LogP contribution in [0.3, 0.4) is 0 Å². The summed E-state index contributed by atoms with van der Waals surface area (Å²) in [7, 11) is 0. The van der Waals surface area contributed by atoms with Gasteiger partial charge in [-0.15, -0.1) is 12.4 Å². The molecule has 1 aromatic carbocycles. The number of carbonyl (C=O) groups is 1. The highest BCUT2D eigenvalue weighted by molar-refractivity contribution is 9.10. The van der Waals surface area contributed by atoms with E-state index in [1.165, 1.54) is 0 Å². The van der Waals surface area contributed by atoms with Gasteiger partial charge in [-0.3, -0.25) is 4.79 Å². The number of rotatable bonds is 4. The molecule has 1 aliphatic heterocycles. The summed E-state index contributed by atoms with van der Waals surface area (Å²) in [4.78, 5) is 14.3. The Morgan fingerprint density at radius 2 is 2.10 bits per heavy atom. The van der Waals surface area contributed by atoms with E-state index in [-0.39, 0.29) is 24.4 Å². The second-order valence-corrected chi connectivity index (χ2v) is 6.31. The average Bonchev–Trinajstić information content (AvgIpc) is 2.81. The molecular formula is C15H22BrClN2O2. The molecule has 1 aliphatic rings. The van der Waals surface area contributed by atoms with Gasteiger partial charge in [-0.2, -0.15) is 0 Å². The van der Waals surface area contributed by atoms with E-state index in [4.69, 9.17) is 10.5 Å². The number of hydrogen-bond donors (Lipinski definition) is 1. The van der Waals surface area contributed by atoms with Gasteiger partial charge < -0.3 is 15.4 Å². The fourth-order valence-corrected chi connectivity index (χ4v) is 2.89. The second-order valence-electron chi connectivity index (χ2n) is 5.39. The Labute approximate surface area is 140 Å². The highest BCUT2D eigenvalue weighted by atomic mass is 79.9. The van der Waals surface area contributed by atoms with Crippen LogP contribution in [0.15, 0.2) is 28.7 Å². The summed E-state index contributed by atoms with van der Waals surface area (Å²) in [6.07, 6.45) is 0.503. The van der Waals surface area contributed by atoms with Crippen LogP contribution in [0.25, 0.3) is 0 Å². The minimum atomic E-state index is -0.477. The molecule has 1 saturated heterocycles. The fraction of sp³-hybridized carbons (Fsp3) is 0.533. The normalized spacial score (nSPS) is 22.6. The van der Waals surface area contributed by atoms with E-state index < -0.39 is 6.10 Å². The third-order valence-electron chi connectivity index (χ3n) is 3.75. The lowest BCUT2D eigenvalue weighted by molar-refractivity contribution is -0.138. The number of hydrogen-bond acceptors (Lipinski definition) is 3. The maximum atomic E-state index is 12.4. The van der Waals surface area contributed by atoms with Crippen molar-refractivity contribution in [2.24, 2.45) is 11.7 Å². The van der Waals surface area contributed by atoms with Crippen LogP contribution in [0.1, 0.15) is 20.3 Å². The van der Waals surface area contributed by atoms with E-state index in [0.29, 0.717) is 18.2 Å². The number of likely N-dealkylation sites (tertiary alicyclic amines) is 1. The van der Waals surface area contributed by atoms with Crippen LogP contribution in [-0.2, 0) is 4.79 Å². The molecule has 1 heterocycles. The number of nitrogens with zero attached hydrogens (tertiary/aromatic N) is 1. The zero-order valence-corrected chi connectivity index (χ0v) is 14.7. The van der Waals surface area contributed by atoms with Crippen molar-refractivity contribution in [3.63, 3.8) is 0 Å². The molecule has 6 heteroatoms. The minimum Gasteiger partial charge on any atom is -0.481 e. The maximum absolute atomic E-state index is 12.4. The molecule has 3 unspecified atom stereocenters. The van der Waals surface area contributed by atoms with Gasteiger partial charge in [0.1, 0.15) is 5.75 Å². The maximum Gasteiger partial charge on any atom is 0.263 e. The largest absolute Gasteiger partial charge is 0.481 e. The Morgan fingerprint density at radius 1 is 1.48 bits per heavy atom. The first-order chi connectivity index (χ1) is 9.51. The Kier molecular flexibility index (Phi) is 6.97. The molecular weight excluding hydrogens is 356 g/mol. The lowest BCUT2D eigenvalue weighted by atomic mass is 10.1. The first kappa shape index (κ1) is 18.3. The molecule has 1 aromatic rings. The topological polar surface area (TPSA) is 55.6 Å². The third-order valence-corrected chi connectivity index (χ3v) is 4.28. The van der Waals surface area contributed by atoms with E-state index in [1.807, 2.05) is 29.2 Å². The number of carbonyl (C=O) groups excluding carboxylic acids is 1. The Balaban J connectivity index is 0.00000220. The molecule has 0 radical (unpaired) electrons. The molecule has 1 amide bonds. The van der Waals surface area contributed by atoms with Crippen LogP contribution in [-0.4, -0.2) is 36.0 Å². The van der Waals surface area contributed by atoms with Gasteiger partial charge in [-0.1, -0.05) is 15.9 Å². The number of ether oxygens (including phenoxy) is 1. The van der Waals surface area contributed by atoms with Crippen molar-refractivity contribution in [3.8, 4) is 5.75 Å². The van der Waals surface area contributed by atoms with Gasteiger partial charge in [0, 0.05) is 17.1 Å². The Bertz CT molecular complexity index is 469. The van der Waals surface area contributed by atoms with Gasteiger partial charge in [0.2, 0.25) is 0 Å². The van der Waals surface area contributed by atoms with Gasteiger partial charge in [0.15, 0.2) is 6.10 Å². The number of nitrogens with two attached hydrogens (primary N) is 1. The van der Waals surface area contributed by atoms with Gasteiger partial charge in [0.05, 0.1) is 0 Å². The van der Waals surface area contributed by atoms with Crippen LogP contribution >= 0.6 is 28.3 Å². The molecule has 4 nitrogen and oxygen atoms in total. The average molecular weight is 378 g/mol. The van der Waals surface area contributed by atoms with E-state index in [2.05, 4.69) is 22.9 Å². The molecule has 0 aliphatic carbocycles. The molecule has 3 atom stereocenters. The Hall–Kier alpha value is -0.780. The standard InChI is InChI=1S/C15H21BrN2O2.ClH/c1-10-7-12(8-17)9-18(10)15(19)11(2)20-14-5-3-13(16)4-6-14;/h3-6,10-12H,7-9,17H2,1-2H3;1H. The van der Waals surface area contributed by atoms with E-state index in [0.717, 1.165) is 17.4 Å². The predicted octanol–water partition coefficient (Wildman–Crippen LogP) is 2.83. The third kappa shape index (κ3) is 4.59. The van der Waals surface area contributed by atoms with Gasteiger partial charge in [0.25, 0.3) is 5.91 Å². The summed E-state index contributed by atoms with van der Waals surface area (Å²) in [5.41, 5.74) is 5.70. The first-order valence-electron chi connectivity index (χ1n) is 6.94. The van der Waals surface area contributed by atoms with Gasteiger partial charge in [-0.25, -0.2) is 0 Å². The van der Waals surface area contributed by atoms with Crippen LogP contribution in [0.5, 0.6) is 5.75 Å². The summed E-state index contributed by atoms with van der Waals surface area (Å²) in [5, 5.41) is 0. The second kappa shape index (κ2) is 8.01. The lowest BCUT2D eigenvalue weighted by Crippen LogP contribution is -2.42. The van der Waals surface area contributed by atoms with E-state index >= 15 is 0 Å². The van der Waals surface area contributed by atoms with Crippen molar-refractivity contribution in [1.82, 2.24) is 4.90 Å². The summed E-state index contributed by atoms with van der Waals surface area (Å²) in [6, 6.07) is 7.74. The molecule has 0 bridgehead atoms. The van der Waals surface area contributed by atoms with Crippen molar-refractivity contribution < 1.29 is 9.53 Å².